The third-order valence-corrected chi connectivity index (χ3v) is 3.26. The van der Waals surface area contributed by atoms with Crippen LogP contribution in [0.4, 0.5) is 0 Å². The highest BCUT2D eigenvalue weighted by molar-refractivity contribution is 6.30. The molecule has 0 heterocycles. The Morgan fingerprint density at radius 3 is 2.45 bits per heavy atom. The fraction of sp³-hybridized carbons (Fsp3) is 0.250. The Kier molecular flexibility index (Phi) is 7.45. The standard InChI is InChI=1S/C16H18ClNO.ClH/c1-19-16-5-3-2-4-14(16)10-11-18-12-13-6-8-15(17)9-7-13;/h2-9,18H,10-12H2,1H3;1H/p-1. The predicted molar refractivity (Wildman–Crippen MR) is 79.9 cm³/mol. The van der Waals surface area contributed by atoms with E-state index in [1.54, 1.807) is 7.11 Å². The minimum Gasteiger partial charge on any atom is -1.00 e. The van der Waals surface area contributed by atoms with E-state index in [-0.39, 0.29) is 12.4 Å². The summed E-state index contributed by atoms with van der Waals surface area (Å²) in [6.45, 7) is 1.77. The van der Waals surface area contributed by atoms with E-state index >= 15 is 0 Å². The van der Waals surface area contributed by atoms with Gasteiger partial charge in [-0.1, -0.05) is 41.9 Å². The summed E-state index contributed by atoms with van der Waals surface area (Å²) in [5.41, 5.74) is 2.47. The number of methoxy groups -OCH3 is 1. The Morgan fingerprint density at radius 1 is 1.05 bits per heavy atom. The van der Waals surface area contributed by atoms with Gasteiger partial charge in [0.1, 0.15) is 5.75 Å². The molecule has 108 valence electrons. The molecular formula is C16H18Cl2NO-. The van der Waals surface area contributed by atoms with Crippen LogP contribution in [-0.4, -0.2) is 13.7 Å². The molecule has 0 saturated carbocycles. The Labute approximate surface area is 131 Å². The maximum absolute atomic E-state index is 5.85. The number of hydrogen-bond acceptors (Lipinski definition) is 2. The highest BCUT2D eigenvalue weighted by Gasteiger charge is 2.00. The van der Waals surface area contributed by atoms with Crippen LogP contribution in [0.3, 0.4) is 0 Å². The van der Waals surface area contributed by atoms with Gasteiger partial charge in [0.15, 0.2) is 0 Å². The van der Waals surface area contributed by atoms with Crippen LogP contribution in [0.5, 0.6) is 5.75 Å². The van der Waals surface area contributed by atoms with Crippen molar-refractivity contribution in [3.63, 3.8) is 0 Å². The lowest BCUT2D eigenvalue weighted by Gasteiger charge is -2.09. The van der Waals surface area contributed by atoms with Crippen molar-refractivity contribution in [2.45, 2.75) is 13.0 Å². The van der Waals surface area contributed by atoms with Crippen molar-refractivity contribution in [1.29, 1.82) is 0 Å². The van der Waals surface area contributed by atoms with Gasteiger partial charge in [-0.3, -0.25) is 0 Å². The summed E-state index contributed by atoms with van der Waals surface area (Å²) in [5.74, 6) is 0.954. The largest absolute Gasteiger partial charge is 1.00 e. The van der Waals surface area contributed by atoms with E-state index in [4.69, 9.17) is 16.3 Å². The molecule has 0 bridgehead atoms. The molecule has 0 aliphatic carbocycles. The molecule has 0 aromatic heterocycles. The minimum absolute atomic E-state index is 0. The van der Waals surface area contributed by atoms with Crippen LogP contribution in [0.1, 0.15) is 11.1 Å². The first-order valence-corrected chi connectivity index (χ1v) is 6.74. The highest BCUT2D eigenvalue weighted by Crippen LogP contribution is 2.17. The number of rotatable bonds is 6. The molecular weight excluding hydrogens is 293 g/mol. The summed E-state index contributed by atoms with van der Waals surface area (Å²) < 4.78 is 5.33. The van der Waals surface area contributed by atoms with Crippen molar-refractivity contribution in [3.05, 3.63) is 64.7 Å². The van der Waals surface area contributed by atoms with Gasteiger partial charge in [0.05, 0.1) is 7.11 Å². The first kappa shape index (κ1) is 16.8. The molecule has 2 nitrogen and oxygen atoms in total. The van der Waals surface area contributed by atoms with Gasteiger partial charge < -0.3 is 22.5 Å². The number of benzene rings is 2. The van der Waals surface area contributed by atoms with Gasteiger partial charge in [-0.2, -0.15) is 0 Å². The topological polar surface area (TPSA) is 21.3 Å². The summed E-state index contributed by atoms with van der Waals surface area (Å²) in [7, 11) is 1.71. The van der Waals surface area contributed by atoms with Crippen molar-refractivity contribution in [3.8, 4) is 5.75 Å². The number of para-hydroxylation sites is 1. The number of ether oxygens (including phenoxy) is 1. The first-order chi connectivity index (χ1) is 9.29. The predicted octanol–water partition coefficient (Wildman–Crippen LogP) is 0.685. The van der Waals surface area contributed by atoms with Gasteiger partial charge in [0.2, 0.25) is 0 Å². The summed E-state index contributed by atoms with van der Waals surface area (Å²) in [6.07, 6.45) is 0.956. The van der Waals surface area contributed by atoms with Crippen molar-refractivity contribution < 1.29 is 17.1 Å². The van der Waals surface area contributed by atoms with Crippen LogP contribution in [0.2, 0.25) is 5.02 Å². The lowest BCUT2D eigenvalue weighted by molar-refractivity contribution is -0.00000408. The van der Waals surface area contributed by atoms with Crippen LogP contribution < -0.4 is 22.5 Å². The van der Waals surface area contributed by atoms with Crippen molar-refractivity contribution >= 4 is 11.6 Å². The Hall–Kier alpha value is -1.22. The zero-order valence-electron chi connectivity index (χ0n) is 11.4. The van der Waals surface area contributed by atoms with E-state index in [2.05, 4.69) is 11.4 Å². The average Bonchev–Trinajstić information content (AvgIpc) is 2.46. The van der Waals surface area contributed by atoms with Gasteiger partial charge in [-0.25, -0.2) is 0 Å². The van der Waals surface area contributed by atoms with E-state index < -0.39 is 0 Å². The summed E-state index contributed by atoms with van der Waals surface area (Å²) in [5, 5.41) is 4.20. The molecule has 0 spiro atoms. The maximum Gasteiger partial charge on any atom is 0.122 e. The molecule has 0 unspecified atom stereocenters. The van der Waals surface area contributed by atoms with E-state index in [9.17, 15) is 0 Å². The van der Waals surface area contributed by atoms with Crippen LogP contribution in [0.15, 0.2) is 48.5 Å². The van der Waals surface area contributed by atoms with Crippen LogP contribution in [0.25, 0.3) is 0 Å². The van der Waals surface area contributed by atoms with Gasteiger partial charge in [0.25, 0.3) is 0 Å². The van der Waals surface area contributed by atoms with Gasteiger partial charge >= 0.3 is 0 Å². The monoisotopic (exact) mass is 310 g/mol. The van der Waals surface area contributed by atoms with Crippen LogP contribution >= 0.6 is 11.6 Å². The van der Waals surface area contributed by atoms with E-state index in [0.717, 1.165) is 30.3 Å². The van der Waals surface area contributed by atoms with Crippen molar-refractivity contribution in [2.75, 3.05) is 13.7 Å². The molecule has 20 heavy (non-hydrogen) atoms. The van der Waals surface area contributed by atoms with E-state index in [0.29, 0.717) is 0 Å². The lowest BCUT2D eigenvalue weighted by Crippen LogP contribution is -3.00. The zero-order valence-corrected chi connectivity index (χ0v) is 12.9. The Balaban J connectivity index is 0.00000200. The number of hydrogen-bond donors (Lipinski definition) is 1. The molecule has 0 aliphatic rings. The molecule has 0 atom stereocenters. The molecule has 4 heteroatoms. The van der Waals surface area contributed by atoms with E-state index in [1.807, 2.05) is 42.5 Å². The third-order valence-electron chi connectivity index (χ3n) is 3.01. The van der Waals surface area contributed by atoms with Gasteiger partial charge in [-0.05, 0) is 42.3 Å². The Morgan fingerprint density at radius 2 is 1.75 bits per heavy atom. The number of nitrogens with one attached hydrogen (secondary N) is 1. The van der Waals surface area contributed by atoms with E-state index in [1.165, 1.54) is 11.1 Å². The number of halogens is 2. The summed E-state index contributed by atoms with van der Waals surface area (Å²) >= 11 is 5.85. The molecule has 0 amide bonds. The third kappa shape index (κ3) is 5.04. The lowest BCUT2D eigenvalue weighted by atomic mass is 10.1. The SMILES string of the molecule is COc1ccccc1CCNCc1ccc(Cl)cc1.[Cl-]. The average molecular weight is 311 g/mol. The quantitative estimate of drug-likeness (QED) is 0.793. The second-order valence-corrected chi connectivity index (χ2v) is 4.80. The minimum atomic E-state index is 0. The molecule has 1 N–H and O–H groups in total. The Bertz CT molecular complexity index is 514. The fourth-order valence-electron chi connectivity index (χ4n) is 1.97. The second-order valence-electron chi connectivity index (χ2n) is 4.37. The van der Waals surface area contributed by atoms with Crippen LogP contribution in [0, 0.1) is 0 Å². The summed E-state index contributed by atoms with van der Waals surface area (Å²) in [6, 6.07) is 16.0. The molecule has 2 aromatic rings. The van der Waals surface area contributed by atoms with Gasteiger partial charge in [0, 0.05) is 11.6 Å². The smallest absolute Gasteiger partial charge is 0.122 e. The first-order valence-electron chi connectivity index (χ1n) is 6.36. The van der Waals surface area contributed by atoms with Crippen molar-refractivity contribution in [2.24, 2.45) is 0 Å². The molecule has 0 aliphatic heterocycles. The molecule has 2 aromatic carbocycles. The highest BCUT2D eigenvalue weighted by atomic mass is 35.5. The molecule has 0 fully saturated rings. The van der Waals surface area contributed by atoms with Crippen LogP contribution in [-0.2, 0) is 13.0 Å². The molecule has 0 radical (unpaired) electrons. The molecule has 0 saturated heterocycles. The molecule has 2 rings (SSSR count). The zero-order chi connectivity index (χ0) is 13.5. The summed E-state index contributed by atoms with van der Waals surface area (Å²) in [4.78, 5) is 0. The second kappa shape index (κ2) is 8.85. The maximum atomic E-state index is 5.85. The fourth-order valence-corrected chi connectivity index (χ4v) is 2.09. The van der Waals surface area contributed by atoms with Gasteiger partial charge in [-0.15, -0.1) is 0 Å². The normalized spacial score (nSPS) is 9.90. The van der Waals surface area contributed by atoms with Crippen molar-refractivity contribution in [1.82, 2.24) is 5.32 Å².